The van der Waals surface area contributed by atoms with Gasteiger partial charge in [-0.1, -0.05) is 6.08 Å². The van der Waals surface area contributed by atoms with Gasteiger partial charge in [-0.2, -0.15) is 10.2 Å². The molecular weight excluding hydrogens is 254 g/mol. The number of rotatable bonds is 2. The lowest BCUT2D eigenvalue weighted by Crippen LogP contribution is -2.41. The standard InChI is InChI=1S/C15H19N3O2/c1-2-20-15(19)18-12-4-3-5-13(14(18)7-6-12)11-8-9-16-17-10-11/h5,8-10,12,14H,2-4,6-7H2,1H3/t12-,14-/m1/s1. The number of carbonyl (C=O) groups is 1. The van der Waals surface area contributed by atoms with Crippen LogP contribution >= 0.6 is 0 Å². The van der Waals surface area contributed by atoms with Crippen molar-refractivity contribution in [2.75, 3.05) is 6.61 Å². The fourth-order valence-corrected chi connectivity index (χ4v) is 3.28. The van der Waals surface area contributed by atoms with Crippen molar-refractivity contribution in [3.8, 4) is 0 Å². The Labute approximate surface area is 118 Å². The summed E-state index contributed by atoms with van der Waals surface area (Å²) in [6.07, 6.45) is 9.58. The maximum Gasteiger partial charge on any atom is 0.410 e. The normalized spacial score (nSPS) is 25.1. The highest BCUT2D eigenvalue weighted by molar-refractivity contribution is 5.77. The Morgan fingerprint density at radius 1 is 1.40 bits per heavy atom. The first-order chi connectivity index (χ1) is 9.81. The molecule has 5 nitrogen and oxygen atoms in total. The molecule has 0 unspecified atom stereocenters. The summed E-state index contributed by atoms with van der Waals surface area (Å²) in [6.45, 7) is 2.27. The summed E-state index contributed by atoms with van der Waals surface area (Å²) in [4.78, 5) is 14.2. The number of ether oxygens (including phenoxy) is 1. The summed E-state index contributed by atoms with van der Waals surface area (Å²) in [5, 5.41) is 7.78. The van der Waals surface area contributed by atoms with Crippen molar-refractivity contribution >= 4 is 11.7 Å². The zero-order valence-electron chi connectivity index (χ0n) is 11.7. The molecule has 3 rings (SSSR count). The Bertz CT molecular complexity index is 515. The van der Waals surface area contributed by atoms with Gasteiger partial charge in [0.05, 0.1) is 25.0 Å². The number of hydrogen-bond acceptors (Lipinski definition) is 4. The van der Waals surface area contributed by atoms with Crippen molar-refractivity contribution in [2.24, 2.45) is 0 Å². The van der Waals surface area contributed by atoms with Gasteiger partial charge in [0, 0.05) is 11.6 Å². The lowest BCUT2D eigenvalue weighted by Gasteiger charge is -2.29. The van der Waals surface area contributed by atoms with Crippen LogP contribution in [0.25, 0.3) is 5.57 Å². The average molecular weight is 273 g/mol. The summed E-state index contributed by atoms with van der Waals surface area (Å²) in [5.41, 5.74) is 2.25. The Hall–Kier alpha value is -1.91. The van der Waals surface area contributed by atoms with Gasteiger partial charge in [-0.05, 0) is 44.2 Å². The molecule has 2 bridgehead atoms. The minimum absolute atomic E-state index is 0.116. The van der Waals surface area contributed by atoms with Gasteiger partial charge in [0.1, 0.15) is 0 Å². The van der Waals surface area contributed by atoms with Crippen molar-refractivity contribution in [1.29, 1.82) is 0 Å². The van der Waals surface area contributed by atoms with Gasteiger partial charge in [0.15, 0.2) is 0 Å². The van der Waals surface area contributed by atoms with E-state index in [9.17, 15) is 4.79 Å². The molecule has 0 radical (unpaired) electrons. The Morgan fingerprint density at radius 3 is 3.05 bits per heavy atom. The van der Waals surface area contributed by atoms with E-state index in [1.165, 1.54) is 5.57 Å². The topological polar surface area (TPSA) is 55.3 Å². The number of carbonyl (C=O) groups excluding carboxylic acids is 1. The number of aromatic nitrogens is 2. The quantitative estimate of drug-likeness (QED) is 0.831. The van der Waals surface area contributed by atoms with Gasteiger partial charge in [0.25, 0.3) is 0 Å². The third-order valence-electron chi connectivity index (χ3n) is 4.12. The zero-order chi connectivity index (χ0) is 13.9. The van der Waals surface area contributed by atoms with E-state index in [1.54, 1.807) is 12.4 Å². The number of fused-ring (bicyclic) bond motifs is 2. The lowest BCUT2D eigenvalue weighted by molar-refractivity contribution is 0.0952. The predicted octanol–water partition coefficient (Wildman–Crippen LogP) is 2.64. The Morgan fingerprint density at radius 2 is 2.30 bits per heavy atom. The summed E-state index contributed by atoms with van der Waals surface area (Å²) >= 11 is 0. The van der Waals surface area contributed by atoms with Crippen LogP contribution in [-0.2, 0) is 4.74 Å². The number of allylic oxidation sites excluding steroid dienone is 1. The van der Waals surface area contributed by atoms with Crippen molar-refractivity contribution in [1.82, 2.24) is 15.1 Å². The molecule has 3 heterocycles. The summed E-state index contributed by atoms with van der Waals surface area (Å²) in [7, 11) is 0. The fraction of sp³-hybridized carbons (Fsp3) is 0.533. The van der Waals surface area contributed by atoms with Gasteiger partial charge in [0.2, 0.25) is 0 Å². The molecule has 1 aromatic heterocycles. The van der Waals surface area contributed by atoms with Crippen molar-refractivity contribution in [2.45, 2.75) is 44.7 Å². The van der Waals surface area contributed by atoms with Crippen molar-refractivity contribution < 1.29 is 9.53 Å². The van der Waals surface area contributed by atoms with Gasteiger partial charge in [-0.25, -0.2) is 4.79 Å². The molecule has 20 heavy (non-hydrogen) atoms. The third kappa shape index (κ3) is 2.28. The smallest absolute Gasteiger partial charge is 0.410 e. The highest BCUT2D eigenvalue weighted by Crippen LogP contribution is 2.38. The van der Waals surface area contributed by atoms with Crippen LogP contribution < -0.4 is 0 Å². The molecule has 1 aromatic rings. The van der Waals surface area contributed by atoms with E-state index in [4.69, 9.17) is 4.74 Å². The van der Waals surface area contributed by atoms with E-state index in [-0.39, 0.29) is 12.1 Å². The lowest BCUT2D eigenvalue weighted by atomic mass is 9.95. The third-order valence-corrected chi connectivity index (χ3v) is 4.12. The summed E-state index contributed by atoms with van der Waals surface area (Å²) in [5.74, 6) is 0. The minimum Gasteiger partial charge on any atom is -0.450 e. The summed E-state index contributed by atoms with van der Waals surface area (Å²) in [6, 6.07) is 2.38. The van der Waals surface area contributed by atoms with E-state index in [0.29, 0.717) is 12.6 Å². The first kappa shape index (κ1) is 13.1. The van der Waals surface area contributed by atoms with Crippen LogP contribution in [0.15, 0.2) is 24.5 Å². The molecule has 1 saturated heterocycles. The van der Waals surface area contributed by atoms with Crippen LogP contribution in [0.5, 0.6) is 0 Å². The van der Waals surface area contributed by atoms with Crippen LogP contribution in [0.1, 0.15) is 38.2 Å². The van der Waals surface area contributed by atoms with Gasteiger partial charge in [-0.15, -0.1) is 0 Å². The van der Waals surface area contributed by atoms with E-state index in [1.807, 2.05) is 17.9 Å². The second kappa shape index (κ2) is 5.61. The van der Waals surface area contributed by atoms with Gasteiger partial charge in [-0.3, -0.25) is 4.90 Å². The number of amides is 1. The van der Waals surface area contributed by atoms with Crippen molar-refractivity contribution in [3.05, 3.63) is 30.1 Å². The molecule has 1 fully saturated rings. The van der Waals surface area contributed by atoms with Crippen LogP contribution in [0.2, 0.25) is 0 Å². The second-order valence-electron chi connectivity index (χ2n) is 5.22. The van der Waals surface area contributed by atoms with Crippen LogP contribution in [-0.4, -0.2) is 39.9 Å². The molecule has 0 N–H and O–H groups in total. The number of nitrogens with zero attached hydrogens (tertiary/aromatic N) is 3. The molecule has 0 aromatic carbocycles. The first-order valence-electron chi connectivity index (χ1n) is 7.23. The van der Waals surface area contributed by atoms with E-state index >= 15 is 0 Å². The molecule has 106 valence electrons. The molecule has 0 spiro atoms. The van der Waals surface area contributed by atoms with Crippen molar-refractivity contribution in [3.63, 3.8) is 0 Å². The summed E-state index contributed by atoms with van der Waals surface area (Å²) < 4.78 is 5.23. The predicted molar refractivity (Wildman–Crippen MR) is 74.9 cm³/mol. The molecule has 2 aliphatic rings. The molecule has 2 aliphatic heterocycles. The second-order valence-corrected chi connectivity index (χ2v) is 5.22. The monoisotopic (exact) mass is 273 g/mol. The molecule has 0 saturated carbocycles. The van der Waals surface area contributed by atoms with E-state index in [2.05, 4.69) is 16.3 Å². The Kier molecular flexibility index (Phi) is 3.67. The molecule has 2 atom stereocenters. The van der Waals surface area contributed by atoms with E-state index < -0.39 is 0 Å². The molecule has 5 heteroatoms. The largest absolute Gasteiger partial charge is 0.450 e. The van der Waals surface area contributed by atoms with Gasteiger partial charge < -0.3 is 4.74 Å². The average Bonchev–Trinajstić information content (AvgIpc) is 2.77. The molecule has 1 amide bonds. The molecule has 0 aliphatic carbocycles. The first-order valence-corrected chi connectivity index (χ1v) is 7.23. The maximum absolute atomic E-state index is 12.2. The highest BCUT2D eigenvalue weighted by atomic mass is 16.6. The maximum atomic E-state index is 12.2. The van der Waals surface area contributed by atoms with Crippen LogP contribution in [0.3, 0.4) is 0 Å². The highest BCUT2D eigenvalue weighted by Gasteiger charge is 2.41. The fourth-order valence-electron chi connectivity index (χ4n) is 3.28. The zero-order valence-corrected chi connectivity index (χ0v) is 11.7. The van der Waals surface area contributed by atoms with E-state index in [0.717, 1.165) is 31.2 Å². The minimum atomic E-state index is -0.185. The SMILES string of the molecule is CCOC(=O)N1[C@@H]2CCC=C(c3ccnnc3)[C@H]1CC2. The number of hydrogen-bond donors (Lipinski definition) is 0. The van der Waals surface area contributed by atoms with Crippen LogP contribution in [0, 0.1) is 0 Å². The molecular formula is C15H19N3O2. The Balaban J connectivity index is 1.92. The van der Waals surface area contributed by atoms with Crippen LogP contribution in [0.4, 0.5) is 4.79 Å². The van der Waals surface area contributed by atoms with Gasteiger partial charge >= 0.3 is 6.09 Å².